The molecule has 2 aromatic rings. The summed E-state index contributed by atoms with van der Waals surface area (Å²) in [6, 6.07) is 14.1. The minimum Gasteiger partial charge on any atom is -0.481 e. The number of ether oxygens (including phenoxy) is 1. The Bertz CT molecular complexity index is 791. The van der Waals surface area contributed by atoms with Gasteiger partial charge in [0.15, 0.2) is 0 Å². The number of hydrogen-bond donors (Lipinski definition) is 2. The summed E-state index contributed by atoms with van der Waals surface area (Å²) in [5.41, 5.74) is 2.92. The van der Waals surface area contributed by atoms with Crippen LogP contribution in [0.1, 0.15) is 41.7 Å². The first-order chi connectivity index (χ1) is 12.5. The average molecular weight is 374 g/mol. The molecule has 0 aliphatic carbocycles. The van der Waals surface area contributed by atoms with Crippen molar-refractivity contribution in [3.63, 3.8) is 0 Å². The molecule has 0 aromatic heterocycles. The predicted octanol–water partition coefficient (Wildman–Crippen LogP) is 3.68. The molecule has 136 valence electrons. The van der Waals surface area contributed by atoms with Crippen LogP contribution in [-0.4, -0.2) is 23.6 Å². The van der Waals surface area contributed by atoms with Gasteiger partial charge in [0.1, 0.15) is 0 Å². The summed E-state index contributed by atoms with van der Waals surface area (Å²) in [6.07, 6.45) is 0.479. The lowest BCUT2D eigenvalue weighted by Gasteiger charge is -2.26. The summed E-state index contributed by atoms with van der Waals surface area (Å²) in [5.74, 6) is -1.22. The molecule has 1 amide bonds. The number of carbonyl (C=O) groups is 2. The van der Waals surface area contributed by atoms with Crippen LogP contribution in [-0.2, 0) is 20.7 Å². The fraction of sp³-hybridized carbons (Fsp3) is 0.300. The second-order valence-electron chi connectivity index (χ2n) is 6.28. The van der Waals surface area contributed by atoms with Crippen LogP contribution in [0.15, 0.2) is 48.5 Å². The van der Waals surface area contributed by atoms with Gasteiger partial charge in [0.25, 0.3) is 0 Å². The number of rotatable bonds is 6. The number of benzene rings is 2. The molecule has 0 fully saturated rings. The third-order valence-corrected chi connectivity index (χ3v) is 4.70. The van der Waals surface area contributed by atoms with Crippen LogP contribution >= 0.6 is 11.6 Å². The van der Waals surface area contributed by atoms with Gasteiger partial charge in [-0.2, -0.15) is 0 Å². The lowest BCUT2D eigenvalue weighted by atomic mass is 9.95. The summed E-state index contributed by atoms with van der Waals surface area (Å²) in [5, 5.41) is 12.5. The van der Waals surface area contributed by atoms with Crippen LogP contribution in [0.3, 0.4) is 0 Å². The highest BCUT2D eigenvalue weighted by atomic mass is 35.5. The fourth-order valence-electron chi connectivity index (χ4n) is 3.19. The first-order valence-corrected chi connectivity index (χ1v) is 8.87. The van der Waals surface area contributed by atoms with Gasteiger partial charge in [0, 0.05) is 5.02 Å². The number of nitrogens with one attached hydrogen (secondary N) is 1. The Labute approximate surface area is 156 Å². The van der Waals surface area contributed by atoms with E-state index in [1.54, 1.807) is 24.3 Å². The lowest BCUT2D eigenvalue weighted by molar-refractivity contribution is -0.137. The third-order valence-electron chi connectivity index (χ3n) is 4.45. The van der Waals surface area contributed by atoms with E-state index in [-0.39, 0.29) is 24.9 Å². The standard InChI is InChI=1S/C20H20ClNO4/c21-15-7-5-14(6-8-15)17(11-20(24)25)22-19(23)12-18-16-4-2-1-3-13(16)9-10-26-18/h1-8,17-18H,9-12H2,(H,22,23)(H,24,25)/t17-,18?/m0/s1. The van der Waals surface area contributed by atoms with E-state index >= 15 is 0 Å². The topological polar surface area (TPSA) is 75.6 Å². The smallest absolute Gasteiger partial charge is 0.305 e. The molecular weight excluding hydrogens is 354 g/mol. The predicted molar refractivity (Wildman–Crippen MR) is 98.0 cm³/mol. The molecule has 6 heteroatoms. The molecule has 2 atom stereocenters. The molecule has 3 rings (SSSR count). The van der Waals surface area contributed by atoms with Gasteiger partial charge in [-0.3, -0.25) is 9.59 Å². The molecule has 2 aromatic carbocycles. The van der Waals surface area contributed by atoms with Gasteiger partial charge >= 0.3 is 5.97 Å². The van der Waals surface area contributed by atoms with Gasteiger partial charge in [0.2, 0.25) is 5.91 Å². The Morgan fingerprint density at radius 2 is 1.92 bits per heavy atom. The number of carboxylic acids is 1. The maximum Gasteiger partial charge on any atom is 0.305 e. The molecule has 1 aliphatic rings. The van der Waals surface area contributed by atoms with Crippen molar-refractivity contribution in [1.82, 2.24) is 5.32 Å². The van der Waals surface area contributed by atoms with Crippen LogP contribution in [0.25, 0.3) is 0 Å². The highest BCUT2D eigenvalue weighted by Crippen LogP contribution is 2.30. The Morgan fingerprint density at radius 3 is 2.65 bits per heavy atom. The van der Waals surface area contributed by atoms with Gasteiger partial charge in [0.05, 0.1) is 31.6 Å². The van der Waals surface area contributed by atoms with Gasteiger partial charge < -0.3 is 15.2 Å². The van der Waals surface area contributed by atoms with Crippen molar-refractivity contribution in [3.05, 3.63) is 70.2 Å². The zero-order valence-corrected chi connectivity index (χ0v) is 14.9. The molecule has 26 heavy (non-hydrogen) atoms. The van der Waals surface area contributed by atoms with E-state index in [0.717, 1.165) is 12.0 Å². The van der Waals surface area contributed by atoms with Crippen molar-refractivity contribution >= 4 is 23.5 Å². The first kappa shape index (κ1) is 18.4. The number of aliphatic carboxylic acids is 1. The van der Waals surface area contributed by atoms with E-state index < -0.39 is 12.0 Å². The number of fused-ring (bicyclic) bond motifs is 1. The fourth-order valence-corrected chi connectivity index (χ4v) is 3.32. The van der Waals surface area contributed by atoms with Crippen molar-refractivity contribution in [2.24, 2.45) is 0 Å². The van der Waals surface area contributed by atoms with Gasteiger partial charge in [-0.15, -0.1) is 0 Å². The van der Waals surface area contributed by atoms with Crippen LogP contribution in [0, 0.1) is 0 Å². The van der Waals surface area contributed by atoms with Crippen LogP contribution in [0.5, 0.6) is 0 Å². The normalized spacial score (nSPS) is 17.2. The highest BCUT2D eigenvalue weighted by Gasteiger charge is 2.25. The Kier molecular flexibility index (Phi) is 5.91. The molecule has 0 saturated heterocycles. The Hall–Kier alpha value is -2.37. The third kappa shape index (κ3) is 4.62. The summed E-state index contributed by atoms with van der Waals surface area (Å²) >= 11 is 5.88. The second kappa shape index (κ2) is 8.34. The molecule has 0 bridgehead atoms. The zero-order chi connectivity index (χ0) is 18.5. The highest BCUT2D eigenvalue weighted by molar-refractivity contribution is 6.30. The molecule has 1 heterocycles. The van der Waals surface area contributed by atoms with E-state index in [4.69, 9.17) is 21.4 Å². The number of carbonyl (C=O) groups excluding carboxylic acids is 1. The number of carboxylic acid groups (broad SMARTS) is 1. The van der Waals surface area contributed by atoms with Crippen LogP contribution < -0.4 is 5.32 Å². The number of halogens is 1. The van der Waals surface area contributed by atoms with E-state index in [2.05, 4.69) is 5.32 Å². The molecule has 5 nitrogen and oxygen atoms in total. The van der Waals surface area contributed by atoms with Crippen molar-refractivity contribution in [2.45, 2.75) is 31.4 Å². The van der Waals surface area contributed by atoms with E-state index in [1.165, 1.54) is 5.56 Å². The maximum absolute atomic E-state index is 12.5. The van der Waals surface area contributed by atoms with Crippen molar-refractivity contribution in [2.75, 3.05) is 6.61 Å². The van der Waals surface area contributed by atoms with Gasteiger partial charge in [-0.05, 0) is 35.2 Å². The average Bonchev–Trinajstić information content (AvgIpc) is 2.62. The zero-order valence-electron chi connectivity index (χ0n) is 14.2. The summed E-state index contributed by atoms with van der Waals surface area (Å²) < 4.78 is 5.76. The number of amides is 1. The van der Waals surface area contributed by atoms with Crippen molar-refractivity contribution in [3.8, 4) is 0 Å². The molecule has 1 unspecified atom stereocenters. The second-order valence-corrected chi connectivity index (χ2v) is 6.72. The lowest BCUT2D eigenvalue weighted by Crippen LogP contribution is -2.32. The maximum atomic E-state index is 12.5. The largest absolute Gasteiger partial charge is 0.481 e. The Balaban J connectivity index is 1.70. The van der Waals surface area contributed by atoms with Gasteiger partial charge in [-0.25, -0.2) is 0 Å². The van der Waals surface area contributed by atoms with Crippen molar-refractivity contribution < 1.29 is 19.4 Å². The SMILES string of the molecule is O=C(O)C[C@H](NC(=O)CC1OCCc2ccccc21)c1ccc(Cl)cc1. The van der Waals surface area contributed by atoms with Crippen molar-refractivity contribution in [1.29, 1.82) is 0 Å². The van der Waals surface area contributed by atoms with Crippen LogP contribution in [0.4, 0.5) is 0 Å². The summed E-state index contributed by atoms with van der Waals surface area (Å²) in [7, 11) is 0. The minimum atomic E-state index is -0.982. The number of hydrogen-bond acceptors (Lipinski definition) is 3. The first-order valence-electron chi connectivity index (χ1n) is 8.49. The molecule has 0 spiro atoms. The molecular formula is C20H20ClNO4. The molecule has 1 aliphatic heterocycles. The van der Waals surface area contributed by atoms with E-state index in [1.807, 2.05) is 24.3 Å². The quantitative estimate of drug-likeness (QED) is 0.810. The van der Waals surface area contributed by atoms with E-state index in [9.17, 15) is 9.59 Å². The summed E-state index contributed by atoms with van der Waals surface area (Å²) in [6.45, 7) is 0.574. The minimum absolute atomic E-state index is 0.153. The molecule has 0 saturated carbocycles. The Morgan fingerprint density at radius 1 is 1.19 bits per heavy atom. The molecule has 0 radical (unpaired) electrons. The van der Waals surface area contributed by atoms with Gasteiger partial charge in [-0.1, -0.05) is 48.0 Å². The summed E-state index contributed by atoms with van der Waals surface area (Å²) in [4.78, 5) is 23.7. The molecule has 2 N–H and O–H groups in total. The van der Waals surface area contributed by atoms with Crippen LogP contribution in [0.2, 0.25) is 5.02 Å². The van der Waals surface area contributed by atoms with E-state index in [0.29, 0.717) is 17.2 Å². The monoisotopic (exact) mass is 373 g/mol.